The first-order valence-corrected chi connectivity index (χ1v) is 6.63. The SMILES string of the molecule is CCCNC(c1ccsc1)c1ncccc1F. The maximum Gasteiger partial charge on any atom is 0.146 e. The Morgan fingerprint density at radius 2 is 2.35 bits per heavy atom. The molecule has 0 saturated heterocycles. The van der Waals surface area contributed by atoms with Crippen LogP contribution in [-0.4, -0.2) is 11.5 Å². The fourth-order valence-corrected chi connectivity index (χ4v) is 2.40. The molecule has 1 N–H and O–H groups in total. The van der Waals surface area contributed by atoms with Crippen molar-refractivity contribution in [2.75, 3.05) is 6.54 Å². The molecule has 0 aliphatic heterocycles. The number of aromatic nitrogens is 1. The number of nitrogens with one attached hydrogen (secondary N) is 1. The van der Waals surface area contributed by atoms with Gasteiger partial charge in [-0.1, -0.05) is 6.92 Å². The highest BCUT2D eigenvalue weighted by Gasteiger charge is 2.18. The number of halogens is 1. The molecule has 0 aromatic carbocycles. The van der Waals surface area contributed by atoms with Gasteiger partial charge in [0, 0.05) is 6.20 Å². The van der Waals surface area contributed by atoms with Gasteiger partial charge >= 0.3 is 0 Å². The molecule has 2 aromatic rings. The quantitative estimate of drug-likeness (QED) is 0.880. The van der Waals surface area contributed by atoms with Crippen LogP contribution in [0.4, 0.5) is 4.39 Å². The summed E-state index contributed by atoms with van der Waals surface area (Å²) in [5.74, 6) is -0.257. The second-order valence-electron chi connectivity index (χ2n) is 3.81. The first-order valence-electron chi connectivity index (χ1n) is 5.68. The lowest BCUT2D eigenvalue weighted by atomic mass is 10.1. The van der Waals surface area contributed by atoms with Crippen molar-refractivity contribution in [2.24, 2.45) is 0 Å². The van der Waals surface area contributed by atoms with Gasteiger partial charge in [0.05, 0.1) is 11.7 Å². The molecule has 90 valence electrons. The predicted molar refractivity (Wildman–Crippen MR) is 68.7 cm³/mol. The monoisotopic (exact) mass is 250 g/mol. The summed E-state index contributed by atoms with van der Waals surface area (Å²) < 4.78 is 13.8. The zero-order valence-corrected chi connectivity index (χ0v) is 10.5. The molecule has 0 amide bonds. The standard InChI is InChI=1S/C13H15FN2S/c1-2-6-15-12(10-5-8-17-9-10)13-11(14)4-3-7-16-13/h3-5,7-9,12,15H,2,6H2,1H3. The minimum atomic E-state index is -0.257. The average molecular weight is 250 g/mol. The smallest absolute Gasteiger partial charge is 0.146 e. The molecule has 0 aliphatic rings. The molecule has 2 nitrogen and oxygen atoms in total. The van der Waals surface area contributed by atoms with Gasteiger partial charge in [0.1, 0.15) is 5.82 Å². The third-order valence-electron chi connectivity index (χ3n) is 2.54. The van der Waals surface area contributed by atoms with Gasteiger partial charge in [-0.3, -0.25) is 4.98 Å². The molecule has 1 unspecified atom stereocenters. The van der Waals surface area contributed by atoms with Crippen LogP contribution in [0.1, 0.15) is 30.6 Å². The van der Waals surface area contributed by atoms with E-state index in [1.54, 1.807) is 23.6 Å². The van der Waals surface area contributed by atoms with Gasteiger partial charge in [0.25, 0.3) is 0 Å². The molecular weight excluding hydrogens is 235 g/mol. The second-order valence-corrected chi connectivity index (χ2v) is 4.59. The van der Waals surface area contributed by atoms with Gasteiger partial charge in [-0.2, -0.15) is 11.3 Å². The summed E-state index contributed by atoms with van der Waals surface area (Å²) in [6.07, 6.45) is 2.64. The Morgan fingerprint density at radius 1 is 1.47 bits per heavy atom. The zero-order valence-electron chi connectivity index (χ0n) is 9.69. The largest absolute Gasteiger partial charge is 0.305 e. The number of thiophene rings is 1. The van der Waals surface area contributed by atoms with Crippen LogP contribution in [0.15, 0.2) is 35.2 Å². The van der Waals surface area contributed by atoms with Crippen molar-refractivity contribution in [2.45, 2.75) is 19.4 Å². The van der Waals surface area contributed by atoms with E-state index in [1.165, 1.54) is 6.07 Å². The predicted octanol–water partition coefficient (Wildman–Crippen LogP) is 3.37. The first kappa shape index (κ1) is 12.2. The summed E-state index contributed by atoms with van der Waals surface area (Å²) in [7, 11) is 0. The van der Waals surface area contributed by atoms with Gasteiger partial charge in [-0.05, 0) is 47.5 Å². The van der Waals surface area contributed by atoms with Crippen LogP contribution in [0.2, 0.25) is 0 Å². The molecule has 0 spiro atoms. The zero-order chi connectivity index (χ0) is 12.1. The number of pyridine rings is 1. The maximum absolute atomic E-state index is 13.8. The fourth-order valence-electron chi connectivity index (χ4n) is 1.71. The molecule has 0 radical (unpaired) electrons. The average Bonchev–Trinajstić information content (AvgIpc) is 2.85. The van der Waals surface area contributed by atoms with E-state index in [9.17, 15) is 4.39 Å². The van der Waals surface area contributed by atoms with E-state index in [4.69, 9.17) is 0 Å². The van der Waals surface area contributed by atoms with E-state index in [1.807, 2.05) is 16.8 Å². The van der Waals surface area contributed by atoms with Gasteiger partial charge in [0.15, 0.2) is 0 Å². The first-order chi connectivity index (χ1) is 8.33. The van der Waals surface area contributed by atoms with Crippen LogP contribution in [0.3, 0.4) is 0 Å². The number of nitrogens with zero attached hydrogens (tertiary/aromatic N) is 1. The van der Waals surface area contributed by atoms with E-state index < -0.39 is 0 Å². The molecule has 17 heavy (non-hydrogen) atoms. The molecule has 0 fully saturated rings. The van der Waals surface area contributed by atoms with Crippen molar-refractivity contribution in [3.05, 3.63) is 52.2 Å². The Morgan fingerprint density at radius 3 is 3.00 bits per heavy atom. The van der Waals surface area contributed by atoms with Crippen molar-refractivity contribution in [1.29, 1.82) is 0 Å². The van der Waals surface area contributed by atoms with Crippen molar-refractivity contribution < 1.29 is 4.39 Å². The molecule has 0 aliphatic carbocycles. The van der Waals surface area contributed by atoms with E-state index in [0.29, 0.717) is 5.69 Å². The highest BCUT2D eigenvalue weighted by molar-refractivity contribution is 7.08. The van der Waals surface area contributed by atoms with Crippen molar-refractivity contribution in [3.63, 3.8) is 0 Å². The second kappa shape index (κ2) is 5.89. The third kappa shape index (κ3) is 2.90. The lowest BCUT2D eigenvalue weighted by Crippen LogP contribution is -2.24. The van der Waals surface area contributed by atoms with Gasteiger partial charge in [0.2, 0.25) is 0 Å². The summed E-state index contributed by atoms with van der Waals surface area (Å²) in [6.45, 7) is 2.93. The maximum atomic E-state index is 13.8. The van der Waals surface area contributed by atoms with E-state index in [0.717, 1.165) is 18.5 Å². The summed E-state index contributed by atoms with van der Waals surface area (Å²) in [4.78, 5) is 4.15. The number of hydrogen-bond acceptors (Lipinski definition) is 3. The summed E-state index contributed by atoms with van der Waals surface area (Å²) in [5, 5.41) is 7.36. The van der Waals surface area contributed by atoms with Crippen LogP contribution in [-0.2, 0) is 0 Å². The summed E-state index contributed by atoms with van der Waals surface area (Å²) >= 11 is 1.61. The van der Waals surface area contributed by atoms with Crippen LogP contribution in [0, 0.1) is 5.82 Å². The van der Waals surface area contributed by atoms with Gasteiger partial charge < -0.3 is 5.32 Å². The molecule has 2 rings (SSSR count). The fraction of sp³-hybridized carbons (Fsp3) is 0.308. The molecule has 2 heterocycles. The minimum absolute atomic E-state index is 0.151. The van der Waals surface area contributed by atoms with Crippen LogP contribution >= 0.6 is 11.3 Å². The van der Waals surface area contributed by atoms with E-state index in [-0.39, 0.29) is 11.9 Å². The van der Waals surface area contributed by atoms with Crippen molar-refractivity contribution in [3.8, 4) is 0 Å². The van der Waals surface area contributed by atoms with Gasteiger partial charge in [-0.15, -0.1) is 0 Å². The Hall–Kier alpha value is -1.26. The number of rotatable bonds is 5. The van der Waals surface area contributed by atoms with E-state index >= 15 is 0 Å². The minimum Gasteiger partial charge on any atom is -0.305 e. The topological polar surface area (TPSA) is 24.9 Å². The lowest BCUT2D eigenvalue weighted by Gasteiger charge is -2.17. The van der Waals surface area contributed by atoms with Crippen LogP contribution < -0.4 is 5.32 Å². The highest BCUT2D eigenvalue weighted by atomic mass is 32.1. The molecule has 4 heteroatoms. The Kier molecular flexibility index (Phi) is 4.23. The number of hydrogen-bond donors (Lipinski definition) is 1. The van der Waals surface area contributed by atoms with Crippen molar-refractivity contribution in [1.82, 2.24) is 10.3 Å². The van der Waals surface area contributed by atoms with Crippen LogP contribution in [0.25, 0.3) is 0 Å². The van der Waals surface area contributed by atoms with Gasteiger partial charge in [-0.25, -0.2) is 4.39 Å². The Bertz CT molecular complexity index is 456. The Labute approximate surface area is 105 Å². The Balaban J connectivity index is 2.30. The molecule has 1 atom stereocenters. The molecule has 2 aromatic heterocycles. The molecule has 0 bridgehead atoms. The normalized spacial score (nSPS) is 12.6. The lowest BCUT2D eigenvalue weighted by molar-refractivity contribution is 0.532. The summed E-state index contributed by atoms with van der Waals surface area (Å²) in [5.41, 5.74) is 1.54. The highest BCUT2D eigenvalue weighted by Crippen LogP contribution is 2.24. The van der Waals surface area contributed by atoms with Crippen molar-refractivity contribution >= 4 is 11.3 Å². The third-order valence-corrected chi connectivity index (χ3v) is 3.24. The van der Waals surface area contributed by atoms with E-state index in [2.05, 4.69) is 17.2 Å². The molecular formula is C13H15FN2S. The van der Waals surface area contributed by atoms with Crippen LogP contribution in [0.5, 0.6) is 0 Å². The molecule has 0 saturated carbocycles. The summed E-state index contributed by atoms with van der Waals surface area (Å²) in [6, 6.07) is 4.92.